The number of halogens is 1. The van der Waals surface area contributed by atoms with Crippen LogP contribution in [-0.4, -0.2) is 16.2 Å². The molecule has 0 amide bonds. The standard InChI is InChI=1S/C15H20ClN3/c1-10(8-13-4-6-14(16)7-5-13)17-9-15-11(2)18-19-12(15)3/h4-7,10,17H,8-9H2,1-3H3,(H,18,19). The Morgan fingerprint density at radius 2 is 1.95 bits per heavy atom. The zero-order valence-corrected chi connectivity index (χ0v) is 12.4. The van der Waals surface area contributed by atoms with Crippen LogP contribution in [0.2, 0.25) is 5.02 Å². The Kier molecular flexibility index (Phi) is 4.61. The summed E-state index contributed by atoms with van der Waals surface area (Å²) in [5.74, 6) is 0. The van der Waals surface area contributed by atoms with E-state index in [-0.39, 0.29) is 0 Å². The van der Waals surface area contributed by atoms with E-state index in [4.69, 9.17) is 11.6 Å². The van der Waals surface area contributed by atoms with Gasteiger partial charge in [0.2, 0.25) is 0 Å². The largest absolute Gasteiger partial charge is 0.310 e. The Hall–Kier alpha value is -1.32. The fraction of sp³-hybridized carbons (Fsp3) is 0.400. The highest BCUT2D eigenvalue weighted by Gasteiger charge is 2.08. The van der Waals surface area contributed by atoms with E-state index in [1.807, 2.05) is 19.1 Å². The van der Waals surface area contributed by atoms with E-state index in [1.165, 1.54) is 11.1 Å². The first-order chi connectivity index (χ1) is 9.06. The smallest absolute Gasteiger partial charge is 0.0638 e. The van der Waals surface area contributed by atoms with Gasteiger partial charge in [0.1, 0.15) is 0 Å². The van der Waals surface area contributed by atoms with Gasteiger partial charge in [-0.1, -0.05) is 23.7 Å². The molecule has 102 valence electrons. The average Bonchev–Trinajstić information content (AvgIpc) is 2.70. The Morgan fingerprint density at radius 3 is 2.53 bits per heavy atom. The zero-order valence-electron chi connectivity index (χ0n) is 11.6. The molecule has 1 atom stereocenters. The van der Waals surface area contributed by atoms with Crippen molar-refractivity contribution in [1.82, 2.24) is 15.5 Å². The molecule has 1 aromatic carbocycles. The Bertz CT molecular complexity index is 511. The molecule has 0 aliphatic heterocycles. The number of aromatic nitrogens is 2. The summed E-state index contributed by atoms with van der Waals surface area (Å²) in [5.41, 5.74) is 4.78. The summed E-state index contributed by atoms with van der Waals surface area (Å²) < 4.78 is 0. The van der Waals surface area contributed by atoms with E-state index >= 15 is 0 Å². The lowest BCUT2D eigenvalue weighted by Gasteiger charge is -2.14. The van der Waals surface area contributed by atoms with Crippen molar-refractivity contribution in [1.29, 1.82) is 0 Å². The number of H-pyrrole nitrogens is 1. The minimum Gasteiger partial charge on any atom is -0.310 e. The minimum atomic E-state index is 0.412. The molecule has 19 heavy (non-hydrogen) atoms. The van der Waals surface area contributed by atoms with Crippen molar-refractivity contribution in [2.24, 2.45) is 0 Å². The Balaban J connectivity index is 1.88. The van der Waals surface area contributed by atoms with Gasteiger partial charge >= 0.3 is 0 Å². The second kappa shape index (κ2) is 6.22. The summed E-state index contributed by atoms with van der Waals surface area (Å²) in [6.45, 7) is 7.13. The van der Waals surface area contributed by atoms with Crippen LogP contribution in [0.25, 0.3) is 0 Å². The Labute approximate surface area is 119 Å². The number of aryl methyl sites for hydroxylation is 2. The summed E-state index contributed by atoms with van der Waals surface area (Å²) in [7, 11) is 0. The van der Waals surface area contributed by atoms with Gasteiger partial charge in [0.15, 0.2) is 0 Å². The molecule has 4 heteroatoms. The molecule has 1 unspecified atom stereocenters. The second-order valence-corrected chi connectivity index (χ2v) is 5.46. The van der Waals surface area contributed by atoms with Crippen LogP contribution in [0.5, 0.6) is 0 Å². The van der Waals surface area contributed by atoms with Crippen LogP contribution in [0.1, 0.15) is 29.4 Å². The predicted molar refractivity (Wildman–Crippen MR) is 79.5 cm³/mol. The first-order valence-electron chi connectivity index (χ1n) is 6.54. The van der Waals surface area contributed by atoms with Gasteiger partial charge in [-0.25, -0.2) is 0 Å². The highest BCUT2D eigenvalue weighted by atomic mass is 35.5. The number of nitrogens with zero attached hydrogens (tertiary/aromatic N) is 1. The summed E-state index contributed by atoms with van der Waals surface area (Å²) in [6, 6.07) is 8.45. The summed E-state index contributed by atoms with van der Waals surface area (Å²) in [6.07, 6.45) is 0.993. The molecule has 0 saturated carbocycles. The topological polar surface area (TPSA) is 40.7 Å². The van der Waals surface area contributed by atoms with Crippen molar-refractivity contribution in [3.63, 3.8) is 0 Å². The lowest BCUT2D eigenvalue weighted by atomic mass is 10.1. The molecule has 0 bridgehead atoms. The van der Waals surface area contributed by atoms with Crippen molar-refractivity contribution in [2.75, 3.05) is 0 Å². The number of aromatic amines is 1. The van der Waals surface area contributed by atoms with Crippen molar-refractivity contribution in [2.45, 2.75) is 39.8 Å². The van der Waals surface area contributed by atoms with Gasteiger partial charge in [0.25, 0.3) is 0 Å². The van der Waals surface area contributed by atoms with E-state index in [0.29, 0.717) is 6.04 Å². The maximum atomic E-state index is 5.89. The molecule has 2 aromatic rings. The van der Waals surface area contributed by atoms with E-state index in [2.05, 4.69) is 41.5 Å². The van der Waals surface area contributed by atoms with Crippen LogP contribution in [0.4, 0.5) is 0 Å². The molecule has 1 heterocycles. The van der Waals surface area contributed by atoms with Crippen molar-refractivity contribution in [3.05, 3.63) is 51.8 Å². The van der Waals surface area contributed by atoms with Gasteiger partial charge < -0.3 is 5.32 Å². The van der Waals surface area contributed by atoms with Gasteiger partial charge in [-0.05, 0) is 44.9 Å². The Morgan fingerprint density at radius 1 is 1.26 bits per heavy atom. The highest BCUT2D eigenvalue weighted by molar-refractivity contribution is 6.30. The highest BCUT2D eigenvalue weighted by Crippen LogP contribution is 2.12. The summed E-state index contributed by atoms with van der Waals surface area (Å²) >= 11 is 5.89. The van der Waals surface area contributed by atoms with Crippen LogP contribution in [0.3, 0.4) is 0 Å². The zero-order chi connectivity index (χ0) is 13.8. The lowest BCUT2D eigenvalue weighted by Crippen LogP contribution is -2.27. The van der Waals surface area contributed by atoms with Crippen LogP contribution in [-0.2, 0) is 13.0 Å². The fourth-order valence-corrected chi connectivity index (χ4v) is 2.28. The molecular weight excluding hydrogens is 258 g/mol. The summed E-state index contributed by atoms with van der Waals surface area (Å²) in [4.78, 5) is 0. The van der Waals surface area contributed by atoms with Crippen molar-refractivity contribution < 1.29 is 0 Å². The van der Waals surface area contributed by atoms with E-state index in [0.717, 1.165) is 29.4 Å². The maximum absolute atomic E-state index is 5.89. The first-order valence-corrected chi connectivity index (χ1v) is 6.92. The van der Waals surface area contributed by atoms with Crippen LogP contribution in [0.15, 0.2) is 24.3 Å². The third-order valence-electron chi connectivity index (χ3n) is 3.36. The quantitative estimate of drug-likeness (QED) is 0.879. The lowest BCUT2D eigenvalue weighted by molar-refractivity contribution is 0.543. The van der Waals surface area contributed by atoms with E-state index < -0.39 is 0 Å². The molecule has 0 fully saturated rings. The third kappa shape index (κ3) is 3.82. The van der Waals surface area contributed by atoms with E-state index in [1.54, 1.807) is 0 Å². The first kappa shape index (κ1) is 14.1. The third-order valence-corrected chi connectivity index (χ3v) is 3.62. The van der Waals surface area contributed by atoms with Gasteiger partial charge in [-0.3, -0.25) is 5.10 Å². The van der Waals surface area contributed by atoms with Crippen LogP contribution >= 0.6 is 11.6 Å². The maximum Gasteiger partial charge on any atom is 0.0638 e. The molecule has 0 saturated heterocycles. The van der Waals surface area contributed by atoms with Gasteiger partial charge in [0.05, 0.1) is 5.69 Å². The van der Waals surface area contributed by atoms with Crippen molar-refractivity contribution >= 4 is 11.6 Å². The minimum absolute atomic E-state index is 0.412. The number of benzene rings is 1. The van der Waals surface area contributed by atoms with E-state index in [9.17, 15) is 0 Å². The molecule has 0 aliphatic carbocycles. The number of hydrogen-bond donors (Lipinski definition) is 2. The normalized spacial score (nSPS) is 12.6. The molecule has 0 aliphatic rings. The summed E-state index contributed by atoms with van der Waals surface area (Å²) in [5, 5.41) is 11.5. The SMILES string of the molecule is Cc1n[nH]c(C)c1CNC(C)Cc1ccc(Cl)cc1. The van der Waals surface area contributed by atoms with Gasteiger partial charge in [-0.15, -0.1) is 0 Å². The monoisotopic (exact) mass is 277 g/mol. The van der Waals surface area contributed by atoms with Gasteiger partial charge in [0, 0.05) is 28.9 Å². The van der Waals surface area contributed by atoms with Crippen LogP contribution < -0.4 is 5.32 Å². The molecule has 0 radical (unpaired) electrons. The van der Waals surface area contributed by atoms with Crippen LogP contribution in [0, 0.1) is 13.8 Å². The van der Waals surface area contributed by atoms with Crippen molar-refractivity contribution in [3.8, 4) is 0 Å². The molecule has 3 nitrogen and oxygen atoms in total. The number of hydrogen-bond acceptors (Lipinski definition) is 2. The predicted octanol–water partition coefficient (Wildman–Crippen LogP) is 3.40. The molecule has 2 N–H and O–H groups in total. The molecule has 0 spiro atoms. The van der Waals surface area contributed by atoms with Gasteiger partial charge in [-0.2, -0.15) is 5.10 Å². The second-order valence-electron chi connectivity index (χ2n) is 5.03. The molecular formula is C15H20ClN3. The molecule has 2 rings (SSSR count). The number of rotatable bonds is 5. The fourth-order valence-electron chi connectivity index (χ4n) is 2.16. The molecule has 1 aromatic heterocycles. The average molecular weight is 278 g/mol. The number of nitrogens with one attached hydrogen (secondary N) is 2.